The van der Waals surface area contributed by atoms with Gasteiger partial charge in [-0.1, -0.05) is 47.3 Å². The molecule has 0 saturated heterocycles. The predicted octanol–water partition coefficient (Wildman–Crippen LogP) is 4.22. The molecule has 1 heteroatoms. The van der Waals surface area contributed by atoms with Crippen molar-refractivity contribution in [3.8, 4) is 0 Å². The van der Waals surface area contributed by atoms with Crippen molar-refractivity contribution in [3.05, 3.63) is 23.9 Å². The normalized spacial score (nSPS) is 14.8. The molecule has 0 amide bonds. The molecule has 0 rings (SSSR count). The van der Waals surface area contributed by atoms with Crippen LogP contribution in [0, 0.1) is 11.3 Å². The second-order valence-electron chi connectivity index (χ2n) is 4.80. The Kier molecular flexibility index (Phi) is 4.82. The van der Waals surface area contributed by atoms with E-state index >= 15 is 0 Å². The molecule has 0 aromatic heterocycles. The third-order valence-electron chi connectivity index (χ3n) is 2.08. The minimum absolute atomic E-state index is 0.0836. The van der Waals surface area contributed by atoms with Gasteiger partial charge < -0.3 is 0 Å². The average Bonchev–Trinajstić information content (AvgIpc) is 2.02. The molecule has 1 nitrogen and oxygen atoms in total. The Hall–Kier alpha value is -0.850. The minimum atomic E-state index is 0.0836. The van der Waals surface area contributed by atoms with E-state index in [1.807, 2.05) is 19.2 Å². The van der Waals surface area contributed by atoms with Crippen LogP contribution in [0.15, 0.2) is 28.9 Å². The van der Waals surface area contributed by atoms with Crippen molar-refractivity contribution >= 4 is 6.21 Å². The quantitative estimate of drug-likeness (QED) is 0.470. The third kappa shape index (κ3) is 3.49. The van der Waals surface area contributed by atoms with Crippen molar-refractivity contribution in [3.63, 3.8) is 0 Å². The van der Waals surface area contributed by atoms with Gasteiger partial charge in [-0.05, 0) is 18.4 Å². The van der Waals surface area contributed by atoms with E-state index in [0.717, 1.165) is 5.70 Å². The van der Waals surface area contributed by atoms with Crippen LogP contribution >= 0.6 is 0 Å². The van der Waals surface area contributed by atoms with E-state index in [1.165, 1.54) is 5.57 Å². The standard InChI is InChI=1S/C13H23N/c1-8-11(10(3)4)12(14-9-2)13(5,6)7/h8-10H,1H2,2-7H3/b12-11+,14-9-. The monoisotopic (exact) mass is 193 g/mol. The van der Waals surface area contributed by atoms with Gasteiger partial charge in [-0.25, -0.2) is 0 Å². The molecule has 0 aliphatic rings. The molecule has 80 valence electrons. The van der Waals surface area contributed by atoms with Crippen molar-refractivity contribution in [1.29, 1.82) is 0 Å². The largest absolute Gasteiger partial charge is 0.265 e. The maximum absolute atomic E-state index is 4.47. The van der Waals surface area contributed by atoms with Crippen molar-refractivity contribution in [2.24, 2.45) is 16.3 Å². The van der Waals surface area contributed by atoms with Gasteiger partial charge in [0.1, 0.15) is 0 Å². The van der Waals surface area contributed by atoms with Gasteiger partial charge in [0.25, 0.3) is 0 Å². The summed E-state index contributed by atoms with van der Waals surface area (Å²) >= 11 is 0. The molecule has 0 atom stereocenters. The summed E-state index contributed by atoms with van der Waals surface area (Å²) in [6.07, 6.45) is 3.78. The summed E-state index contributed by atoms with van der Waals surface area (Å²) < 4.78 is 0. The topological polar surface area (TPSA) is 12.4 Å². The summed E-state index contributed by atoms with van der Waals surface area (Å²) in [5, 5.41) is 0. The van der Waals surface area contributed by atoms with E-state index in [9.17, 15) is 0 Å². The van der Waals surface area contributed by atoms with Gasteiger partial charge in [0.05, 0.1) is 0 Å². The first kappa shape index (κ1) is 13.2. The molecule has 0 aliphatic carbocycles. The van der Waals surface area contributed by atoms with E-state index in [4.69, 9.17) is 0 Å². The molecule has 0 radical (unpaired) electrons. The summed E-state index contributed by atoms with van der Waals surface area (Å²) in [4.78, 5) is 4.47. The minimum Gasteiger partial charge on any atom is -0.265 e. The number of aliphatic imine (C=N–C) groups is 1. The number of hydrogen-bond acceptors (Lipinski definition) is 1. The molecular formula is C13H23N. The van der Waals surface area contributed by atoms with Crippen LogP contribution in [0.4, 0.5) is 0 Å². The lowest BCUT2D eigenvalue weighted by Gasteiger charge is -2.24. The molecule has 14 heavy (non-hydrogen) atoms. The fourth-order valence-electron chi connectivity index (χ4n) is 1.44. The predicted molar refractivity (Wildman–Crippen MR) is 65.7 cm³/mol. The Balaban J connectivity index is 5.44. The number of allylic oxidation sites excluding steroid dienone is 3. The third-order valence-corrected chi connectivity index (χ3v) is 2.08. The second kappa shape index (κ2) is 5.14. The molecule has 0 fully saturated rings. The fraction of sp³-hybridized carbons (Fsp3) is 0.615. The molecule has 0 aliphatic heterocycles. The van der Waals surface area contributed by atoms with E-state index in [2.05, 4.69) is 46.2 Å². The highest BCUT2D eigenvalue weighted by Gasteiger charge is 2.20. The zero-order chi connectivity index (χ0) is 11.4. The van der Waals surface area contributed by atoms with Crippen molar-refractivity contribution < 1.29 is 0 Å². The maximum atomic E-state index is 4.47. The first-order chi connectivity index (χ1) is 6.34. The van der Waals surface area contributed by atoms with E-state index in [1.54, 1.807) is 0 Å². The van der Waals surface area contributed by atoms with Gasteiger partial charge in [-0.2, -0.15) is 0 Å². The Morgan fingerprint density at radius 2 is 1.79 bits per heavy atom. The van der Waals surface area contributed by atoms with Crippen molar-refractivity contribution in [2.75, 3.05) is 0 Å². The Bertz CT molecular complexity index is 249. The van der Waals surface area contributed by atoms with Gasteiger partial charge in [0.15, 0.2) is 0 Å². The highest BCUT2D eigenvalue weighted by atomic mass is 14.8. The first-order valence-electron chi connectivity index (χ1n) is 5.20. The van der Waals surface area contributed by atoms with Crippen LogP contribution in [0.5, 0.6) is 0 Å². The van der Waals surface area contributed by atoms with Crippen LogP contribution in [0.3, 0.4) is 0 Å². The first-order valence-corrected chi connectivity index (χ1v) is 5.20. The summed E-state index contributed by atoms with van der Waals surface area (Å²) in [6, 6.07) is 0. The lowest BCUT2D eigenvalue weighted by Crippen LogP contribution is -2.12. The lowest BCUT2D eigenvalue weighted by atomic mass is 9.85. The Morgan fingerprint density at radius 1 is 1.29 bits per heavy atom. The summed E-state index contributed by atoms with van der Waals surface area (Å²) in [7, 11) is 0. The van der Waals surface area contributed by atoms with Gasteiger partial charge >= 0.3 is 0 Å². The summed E-state index contributed by atoms with van der Waals surface area (Å²) in [6.45, 7) is 16.7. The SMILES string of the molecule is C=C/C(=C(\N=C/C)C(C)(C)C)C(C)C. The molecule has 0 heterocycles. The van der Waals surface area contributed by atoms with Crippen LogP contribution in [0.25, 0.3) is 0 Å². The maximum Gasteiger partial charge on any atom is 0.0487 e. The molecule has 0 aromatic rings. The van der Waals surface area contributed by atoms with Crippen LogP contribution in [0.1, 0.15) is 41.5 Å². The highest BCUT2D eigenvalue weighted by Crippen LogP contribution is 2.32. The van der Waals surface area contributed by atoms with Crippen LogP contribution < -0.4 is 0 Å². The molecule has 0 aromatic carbocycles. The van der Waals surface area contributed by atoms with Gasteiger partial charge in [0, 0.05) is 17.3 Å². The molecule has 0 N–H and O–H groups in total. The Morgan fingerprint density at radius 3 is 2.00 bits per heavy atom. The smallest absolute Gasteiger partial charge is 0.0487 e. The molecule has 0 unspecified atom stereocenters. The van der Waals surface area contributed by atoms with E-state index in [-0.39, 0.29) is 5.41 Å². The van der Waals surface area contributed by atoms with Crippen LogP contribution in [-0.4, -0.2) is 6.21 Å². The van der Waals surface area contributed by atoms with Crippen molar-refractivity contribution in [1.82, 2.24) is 0 Å². The van der Waals surface area contributed by atoms with E-state index < -0.39 is 0 Å². The van der Waals surface area contributed by atoms with Crippen molar-refractivity contribution in [2.45, 2.75) is 41.5 Å². The average molecular weight is 193 g/mol. The fourth-order valence-corrected chi connectivity index (χ4v) is 1.44. The number of rotatable bonds is 3. The lowest BCUT2D eigenvalue weighted by molar-refractivity contribution is 0.487. The van der Waals surface area contributed by atoms with E-state index in [0.29, 0.717) is 5.92 Å². The van der Waals surface area contributed by atoms with Crippen LogP contribution in [-0.2, 0) is 0 Å². The summed E-state index contributed by atoms with van der Waals surface area (Å²) in [5.74, 6) is 0.477. The second-order valence-corrected chi connectivity index (χ2v) is 4.80. The number of nitrogens with zero attached hydrogens (tertiary/aromatic N) is 1. The molecule has 0 saturated carbocycles. The van der Waals surface area contributed by atoms with Gasteiger partial charge in [0.2, 0.25) is 0 Å². The highest BCUT2D eigenvalue weighted by molar-refractivity contribution is 5.56. The summed E-state index contributed by atoms with van der Waals surface area (Å²) in [5.41, 5.74) is 2.47. The zero-order valence-corrected chi connectivity index (χ0v) is 10.4. The van der Waals surface area contributed by atoms with Crippen LogP contribution in [0.2, 0.25) is 0 Å². The molecular weight excluding hydrogens is 170 g/mol. The van der Waals surface area contributed by atoms with Gasteiger partial charge in [-0.15, -0.1) is 0 Å². The molecule has 0 spiro atoms. The number of hydrogen-bond donors (Lipinski definition) is 0. The zero-order valence-electron chi connectivity index (χ0n) is 10.4. The van der Waals surface area contributed by atoms with Gasteiger partial charge in [-0.3, -0.25) is 4.99 Å². The molecule has 0 bridgehead atoms. The Labute approximate surface area is 88.6 Å².